The summed E-state index contributed by atoms with van der Waals surface area (Å²) in [6, 6.07) is 6.55. The summed E-state index contributed by atoms with van der Waals surface area (Å²) in [5.41, 5.74) is 0.392. The van der Waals surface area contributed by atoms with Crippen LogP contribution in [0.25, 0.3) is 0 Å². The molecule has 0 aliphatic carbocycles. The maximum absolute atomic E-state index is 13.0. The summed E-state index contributed by atoms with van der Waals surface area (Å²) in [6.45, 7) is 12.1. The summed E-state index contributed by atoms with van der Waals surface area (Å²) in [6.07, 6.45) is 0.264. The van der Waals surface area contributed by atoms with Gasteiger partial charge in [-0.3, -0.25) is 9.59 Å². The molecular weight excluding hydrogens is 370 g/mol. The van der Waals surface area contributed by atoms with Crippen LogP contribution in [0.4, 0.5) is 4.79 Å². The zero-order chi connectivity index (χ0) is 22.0. The van der Waals surface area contributed by atoms with E-state index < -0.39 is 23.2 Å². The number of unbranched alkanes of at least 4 members (excludes halogenated alkanes) is 1. The molecule has 0 saturated carbocycles. The lowest BCUT2D eigenvalue weighted by molar-refractivity contribution is -0.127. The van der Waals surface area contributed by atoms with Crippen LogP contribution in [0.3, 0.4) is 0 Å². The SMILES string of the molecule is CC(C)(C)NC(=O)C1c2ccccc2C(=O)N1CCCCN(C(=O)O)C(C)(C)C. The van der Waals surface area contributed by atoms with Gasteiger partial charge in [0.25, 0.3) is 5.91 Å². The number of nitrogens with one attached hydrogen (secondary N) is 1. The zero-order valence-corrected chi connectivity index (χ0v) is 18.3. The maximum Gasteiger partial charge on any atom is 0.407 e. The average Bonchev–Trinajstić information content (AvgIpc) is 2.84. The number of nitrogens with zero attached hydrogens (tertiary/aromatic N) is 2. The first-order valence-corrected chi connectivity index (χ1v) is 10.1. The van der Waals surface area contributed by atoms with E-state index in [0.29, 0.717) is 31.5 Å². The summed E-state index contributed by atoms with van der Waals surface area (Å²) in [5.74, 6) is -0.349. The van der Waals surface area contributed by atoms with Crippen molar-refractivity contribution in [2.45, 2.75) is 71.5 Å². The summed E-state index contributed by atoms with van der Waals surface area (Å²) in [5, 5.41) is 12.4. The number of hydrogen-bond donors (Lipinski definition) is 2. The van der Waals surface area contributed by atoms with Crippen molar-refractivity contribution in [3.8, 4) is 0 Å². The highest BCUT2D eigenvalue weighted by Gasteiger charge is 2.41. The molecule has 2 rings (SSSR count). The highest BCUT2D eigenvalue weighted by molar-refractivity contribution is 6.04. The van der Waals surface area contributed by atoms with Crippen LogP contribution in [0.1, 0.15) is 76.3 Å². The fourth-order valence-electron chi connectivity index (χ4n) is 3.59. The number of carbonyl (C=O) groups excluding carboxylic acids is 2. The fourth-order valence-corrected chi connectivity index (χ4v) is 3.59. The van der Waals surface area contributed by atoms with E-state index in [9.17, 15) is 19.5 Å². The van der Waals surface area contributed by atoms with Gasteiger partial charge in [0.15, 0.2) is 0 Å². The van der Waals surface area contributed by atoms with E-state index >= 15 is 0 Å². The predicted octanol–water partition coefficient (Wildman–Crippen LogP) is 3.66. The second-order valence-electron chi connectivity index (χ2n) is 9.54. The smallest absolute Gasteiger partial charge is 0.407 e. The van der Waals surface area contributed by atoms with Crippen molar-refractivity contribution in [1.82, 2.24) is 15.1 Å². The number of carboxylic acid groups (broad SMARTS) is 1. The van der Waals surface area contributed by atoms with Crippen molar-refractivity contribution in [3.05, 3.63) is 35.4 Å². The van der Waals surface area contributed by atoms with Crippen LogP contribution in [-0.2, 0) is 4.79 Å². The molecule has 1 aliphatic heterocycles. The molecule has 0 spiro atoms. The Kier molecular flexibility index (Phi) is 6.60. The first-order valence-electron chi connectivity index (χ1n) is 10.1. The van der Waals surface area contributed by atoms with E-state index in [1.165, 1.54) is 4.90 Å². The molecule has 1 aliphatic rings. The topological polar surface area (TPSA) is 90.0 Å². The Hall–Kier alpha value is -2.57. The molecule has 1 aromatic carbocycles. The monoisotopic (exact) mass is 403 g/mol. The molecule has 0 aromatic heterocycles. The largest absolute Gasteiger partial charge is 0.465 e. The maximum atomic E-state index is 13.0. The predicted molar refractivity (Wildman–Crippen MR) is 112 cm³/mol. The molecular formula is C22H33N3O4. The molecule has 0 fully saturated rings. The molecule has 0 bridgehead atoms. The van der Waals surface area contributed by atoms with Crippen molar-refractivity contribution in [2.75, 3.05) is 13.1 Å². The van der Waals surface area contributed by atoms with Crippen molar-refractivity contribution < 1.29 is 19.5 Å². The lowest BCUT2D eigenvalue weighted by atomic mass is 10.0. The molecule has 29 heavy (non-hydrogen) atoms. The van der Waals surface area contributed by atoms with E-state index in [1.807, 2.05) is 53.7 Å². The molecule has 2 N–H and O–H groups in total. The van der Waals surface area contributed by atoms with Gasteiger partial charge in [0, 0.05) is 29.7 Å². The summed E-state index contributed by atoms with van der Waals surface area (Å²) in [7, 11) is 0. The van der Waals surface area contributed by atoms with Crippen LogP contribution >= 0.6 is 0 Å². The highest BCUT2D eigenvalue weighted by atomic mass is 16.4. The highest BCUT2D eigenvalue weighted by Crippen LogP contribution is 2.34. The van der Waals surface area contributed by atoms with Gasteiger partial charge in [0.05, 0.1) is 0 Å². The van der Waals surface area contributed by atoms with Crippen LogP contribution in [0.15, 0.2) is 24.3 Å². The first-order chi connectivity index (χ1) is 13.3. The molecule has 7 heteroatoms. The number of hydrogen-bond acceptors (Lipinski definition) is 3. The molecule has 1 atom stereocenters. The van der Waals surface area contributed by atoms with E-state index in [1.54, 1.807) is 17.0 Å². The van der Waals surface area contributed by atoms with Crippen molar-refractivity contribution in [3.63, 3.8) is 0 Å². The Balaban J connectivity index is 2.11. The summed E-state index contributed by atoms with van der Waals surface area (Å²) < 4.78 is 0. The van der Waals surface area contributed by atoms with Crippen molar-refractivity contribution in [2.24, 2.45) is 0 Å². The number of benzene rings is 1. The van der Waals surface area contributed by atoms with Gasteiger partial charge in [-0.15, -0.1) is 0 Å². The number of rotatable bonds is 6. The van der Waals surface area contributed by atoms with Gasteiger partial charge in [-0.05, 0) is 66.0 Å². The third kappa shape index (κ3) is 5.49. The van der Waals surface area contributed by atoms with Crippen LogP contribution in [0, 0.1) is 0 Å². The number of carbonyl (C=O) groups is 3. The van der Waals surface area contributed by atoms with Gasteiger partial charge in [0.1, 0.15) is 6.04 Å². The van der Waals surface area contributed by atoms with Crippen LogP contribution in [0.2, 0.25) is 0 Å². The molecule has 1 aromatic rings. The van der Waals surface area contributed by atoms with Crippen LogP contribution in [-0.4, -0.2) is 57.0 Å². The number of fused-ring (bicyclic) bond motifs is 1. The Bertz CT molecular complexity index is 777. The molecule has 0 saturated heterocycles. The Labute approximate surface area is 173 Å². The van der Waals surface area contributed by atoms with Crippen molar-refractivity contribution in [1.29, 1.82) is 0 Å². The zero-order valence-electron chi connectivity index (χ0n) is 18.3. The summed E-state index contributed by atoms with van der Waals surface area (Å²) >= 11 is 0. The normalized spacial score (nSPS) is 16.6. The van der Waals surface area contributed by atoms with E-state index in [4.69, 9.17) is 0 Å². The van der Waals surface area contributed by atoms with Crippen LogP contribution < -0.4 is 5.32 Å². The van der Waals surface area contributed by atoms with Gasteiger partial charge in [-0.25, -0.2) is 4.79 Å². The van der Waals surface area contributed by atoms with E-state index in [-0.39, 0.29) is 11.8 Å². The third-order valence-electron chi connectivity index (χ3n) is 4.88. The second kappa shape index (κ2) is 8.43. The quantitative estimate of drug-likeness (QED) is 0.710. The van der Waals surface area contributed by atoms with Gasteiger partial charge in [0.2, 0.25) is 5.91 Å². The summed E-state index contributed by atoms with van der Waals surface area (Å²) in [4.78, 5) is 40.3. The molecule has 3 amide bonds. The number of amides is 3. The minimum Gasteiger partial charge on any atom is -0.465 e. The first kappa shape index (κ1) is 22.7. The minimum absolute atomic E-state index is 0.152. The standard InChI is InChI=1S/C22H33N3O4/c1-21(2,3)23-18(26)17-15-11-7-8-12-16(15)19(27)24(17)13-9-10-14-25(20(28)29)22(4,5)6/h7-8,11-12,17H,9-10,13-14H2,1-6H3,(H,23,26)(H,28,29). The van der Waals surface area contributed by atoms with Crippen molar-refractivity contribution >= 4 is 17.9 Å². The van der Waals surface area contributed by atoms with Gasteiger partial charge < -0.3 is 20.2 Å². The lowest BCUT2D eigenvalue weighted by Gasteiger charge is -2.33. The third-order valence-corrected chi connectivity index (χ3v) is 4.88. The Morgan fingerprint density at radius 2 is 1.72 bits per heavy atom. The second-order valence-corrected chi connectivity index (χ2v) is 9.54. The molecule has 1 heterocycles. The molecule has 160 valence electrons. The van der Waals surface area contributed by atoms with Gasteiger partial charge >= 0.3 is 6.09 Å². The molecule has 7 nitrogen and oxygen atoms in total. The lowest BCUT2D eigenvalue weighted by Crippen LogP contribution is -2.47. The minimum atomic E-state index is -0.954. The van der Waals surface area contributed by atoms with Gasteiger partial charge in [-0.1, -0.05) is 18.2 Å². The van der Waals surface area contributed by atoms with Crippen LogP contribution in [0.5, 0.6) is 0 Å². The molecule has 0 radical (unpaired) electrons. The van der Waals surface area contributed by atoms with E-state index in [0.717, 1.165) is 5.56 Å². The van der Waals surface area contributed by atoms with Gasteiger partial charge in [-0.2, -0.15) is 0 Å². The Morgan fingerprint density at radius 1 is 1.10 bits per heavy atom. The average molecular weight is 404 g/mol. The Morgan fingerprint density at radius 3 is 2.28 bits per heavy atom. The van der Waals surface area contributed by atoms with E-state index in [2.05, 4.69) is 5.32 Å². The fraction of sp³-hybridized carbons (Fsp3) is 0.591. The molecule has 1 unspecified atom stereocenters.